The zero-order valence-corrected chi connectivity index (χ0v) is 11.7. The molecule has 5 nitrogen and oxygen atoms in total. The van der Waals surface area contributed by atoms with Crippen LogP contribution in [0.2, 0.25) is 4.34 Å². The number of hydrogen-bond donors (Lipinski definition) is 2. The third-order valence-electron chi connectivity index (χ3n) is 2.37. The molecule has 1 rings (SSSR count). The minimum absolute atomic E-state index is 0.246. The third kappa shape index (κ3) is 5.48. The summed E-state index contributed by atoms with van der Waals surface area (Å²) >= 11 is 7.38. The van der Waals surface area contributed by atoms with Gasteiger partial charge in [-0.15, -0.1) is 11.3 Å². The number of amides is 3. The average Bonchev–Trinajstić information content (AvgIpc) is 2.69. The van der Waals surface area contributed by atoms with Gasteiger partial charge in [0.05, 0.1) is 4.34 Å². The van der Waals surface area contributed by atoms with E-state index < -0.39 is 6.03 Å². The lowest BCUT2D eigenvalue weighted by atomic mass is 10.3. The smallest absolute Gasteiger partial charge is 0.318 e. The van der Waals surface area contributed by atoms with Gasteiger partial charge in [0.1, 0.15) is 0 Å². The lowest BCUT2D eigenvalue weighted by molar-refractivity contribution is -0.120. The lowest BCUT2D eigenvalue weighted by Crippen LogP contribution is -2.37. The molecule has 3 amide bonds. The molecule has 1 aromatic rings. The van der Waals surface area contributed by atoms with Gasteiger partial charge in [-0.25, -0.2) is 4.79 Å². The van der Waals surface area contributed by atoms with E-state index >= 15 is 0 Å². The van der Waals surface area contributed by atoms with Crippen molar-refractivity contribution >= 4 is 34.9 Å². The molecule has 0 fully saturated rings. The zero-order valence-electron chi connectivity index (χ0n) is 10.1. The highest BCUT2D eigenvalue weighted by Crippen LogP contribution is 2.22. The molecule has 18 heavy (non-hydrogen) atoms. The van der Waals surface area contributed by atoms with Crippen LogP contribution < -0.4 is 11.1 Å². The van der Waals surface area contributed by atoms with Crippen molar-refractivity contribution in [2.75, 3.05) is 13.1 Å². The van der Waals surface area contributed by atoms with E-state index in [-0.39, 0.29) is 12.3 Å². The number of nitrogens with one attached hydrogen (secondary N) is 1. The molecule has 1 heterocycles. The highest BCUT2D eigenvalue weighted by molar-refractivity contribution is 7.16. The van der Waals surface area contributed by atoms with E-state index in [9.17, 15) is 9.59 Å². The van der Waals surface area contributed by atoms with Gasteiger partial charge in [0.25, 0.3) is 0 Å². The van der Waals surface area contributed by atoms with Gasteiger partial charge in [-0.05, 0) is 18.7 Å². The molecule has 0 saturated carbocycles. The maximum Gasteiger partial charge on any atom is 0.318 e. The molecule has 3 N–H and O–H groups in total. The molecular weight excluding hydrogens is 274 g/mol. The van der Waals surface area contributed by atoms with Crippen LogP contribution in [-0.4, -0.2) is 29.9 Å². The van der Waals surface area contributed by atoms with Crippen LogP contribution in [0.4, 0.5) is 4.79 Å². The topological polar surface area (TPSA) is 75.4 Å². The Morgan fingerprint density at radius 2 is 2.22 bits per heavy atom. The summed E-state index contributed by atoms with van der Waals surface area (Å²) in [6.45, 7) is 4.16. The number of hydrogen-bond acceptors (Lipinski definition) is 4. The summed E-state index contributed by atoms with van der Waals surface area (Å²) in [5, 5.41) is 2.04. The van der Waals surface area contributed by atoms with Crippen LogP contribution in [0, 0.1) is 0 Å². The maximum absolute atomic E-state index is 11.3. The standard InChI is InChI=1S/C11H16ClN3O2S/c1-2-15(6-5-10(16)14-11(13)17)7-8-3-4-9(12)18-8/h3-4H,2,5-7H2,1H3,(H3,13,14,16,17). The van der Waals surface area contributed by atoms with Gasteiger partial charge in [-0.1, -0.05) is 18.5 Å². The predicted molar refractivity (Wildman–Crippen MR) is 72.6 cm³/mol. The largest absolute Gasteiger partial charge is 0.351 e. The fraction of sp³-hybridized carbons (Fsp3) is 0.455. The normalized spacial score (nSPS) is 10.6. The average molecular weight is 290 g/mol. The Morgan fingerprint density at radius 1 is 1.50 bits per heavy atom. The first-order valence-electron chi connectivity index (χ1n) is 5.57. The summed E-state index contributed by atoms with van der Waals surface area (Å²) in [6, 6.07) is 3.02. The molecule has 1 aromatic heterocycles. The van der Waals surface area contributed by atoms with Crippen molar-refractivity contribution in [1.82, 2.24) is 10.2 Å². The Hall–Kier alpha value is -1.11. The third-order valence-corrected chi connectivity index (χ3v) is 3.59. The van der Waals surface area contributed by atoms with Gasteiger partial charge in [-0.3, -0.25) is 15.0 Å². The first-order chi connectivity index (χ1) is 8.51. The van der Waals surface area contributed by atoms with Gasteiger partial charge in [-0.2, -0.15) is 0 Å². The van der Waals surface area contributed by atoms with E-state index in [2.05, 4.69) is 4.90 Å². The second kappa shape index (κ2) is 7.35. The van der Waals surface area contributed by atoms with Crippen molar-refractivity contribution in [3.63, 3.8) is 0 Å². The molecule has 7 heteroatoms. The van der Waals surface area contributed by atoms with Crippen LogP contribution in [-0.2, 0) is 11.3 Å². The summed E-state index contributed by atoms with van der Waals surface area (Å²) in [5.41, 5.74) is 4.86. The molecule has 0 spiro atoms. The van der Waals surface area contributed by atoms with Gasteiger partial charge in [0.2, 0.25) is 5.91 Å². The quantitative estimate of drug-likeness (QED) is 0.838. The van der Waals surface area contributed by atoms with Crippen molar-refractivity contribution in [3.05, 3.63) is 21.3 Å². The summed E-state index contributed by atoms with van der Waals surface area (Å²) in [6.07, 6.45) is 0.246. The molecule has 0 bridgehead atoms. The SMILES string of the molecule is CCN(CCC(=O)NC(N)=O)Cc1ccc(Cl)s1. The number of urea groups is 1. The number of carbonyl (C=O) groups excluding carboxylic acids is 2. The second-order valence-corrected chi connectivity index (χ2v) is 5.54. The number of primary amides is 1. The number of imide groups is 1. The van der Waals surface area contributed by atoms with Crippen LogP contribution in [0.25, 0.3) is 0 Å². The number of rotatable bonds is 6. The predicted octanol–water partition coefficient (Wildman–Crippen LogP) is 1.81. The van der Waals surface area contributed by atoms with E-state index in [0.717, 1.165) is 22.3 Å². The molecule has 0 atom stereocenters. The molecule has 0 aromatic carbocycles. The Morgan fingerprint density at radius 3 is 2.72 bits per heavy atom. The number of nitrogens with zero attached hydrogens (tertiary/aromatic N) is 1. The fourth-order valence-corrected chi connectivity index (χ4v) is 2.60. The molecule has 0 aliphatic heterocycles. The number of nitrogens with two attached hydrogens (primary N) is 1. The minimum Gasteiger partial charge on any atom is -0.351 e. The van der Waals surface area contributed by atoms with Crippen LogP contribution >= 0.6 is 22.9 Å². The van der Waals surface area contributed by atoms with Crippen LogP contribution in [0.5, 0.6) is 0 Å². The molecule has 100 valence electrons. The van der Waals surface area contributed by atoms with Crippen molar-refractivity contribution in [1.29, 1.82) is 0 Å². The van der Waals surface area contributed by atoms with Gasteiger partial charge >= 0.3 is 6.03 Å². The molecule has 0 saturated heterocycles. The summed E-state index contributed by atoms with van der Waals surface area (Å²) < 4.78 is 0.757. The Bertz CT molecular complexity index is 422. The van der Waals surface area contributed by atoms with Crippen LogP contribution in [0.3, 0.4) is 0 Å². The Labute approximate surface area is 115 Å². The first kappa shape index (κ1) is 14.9. The number of thiophene rings is 1. The molecule has 0 unspecified atom stereocenters. The monoisotopic (exact) mass is 289 g/mol. The lowest BCUT2D eigenvalue weighted by Gasteiger charge is -2.18. The van der Waals surface area contributed by atoms with E-state index in [0.29, 0.717) is 6.54 Å². The van der Waals surface area contributed by atoms with Crippen LogP contribution in [0.15, 0.2) is 12.1 Å². The number of carbonyl (C=O) groups is 2. The van der Waals surface area contributed by atoms with Gasteiger partial charge in [0, 0.05) is 24.4 Å². The van der Waals surface area contributed by atoms with Gasteiger partial charge in [0.15, 0.2) is 0 Å². The Balaban J connectivity index is 2.38. The van der Waals surface area contributed by atoms with Crippen molar-refractivity contribution in [2.45, 2.75) is 19.9 Å². The van der Waals surface area contributed by atoms with Crippen molar-refractivity contribution < 1.29 is 9.59 Å². The second-order valence-electron chi connectivity index (χ2n) is 3.74. The van der Waals surface area contributed by atoms with Crippen LogP contribution in [0.1, 0.15) is 18.2 Å². The van der Waals surface area contributed by atoms with E-state index in [1.807, 2.05) is 24.4 Å². The molecule has 0 aliphatic rings. The highest BCUT2D eigenvalue weighted by atomic mass is 35.5. The summed E-state index contributed by atoms with van der Waals surface area (Å²) in [7, 11) is 0. The number of halogens is 1. The highest BCUT2D eigenvalue weighted by Gasteiger charge is 2.09. The fourth-order valence-electron chi connectivity index (χ4n) is 1.47. The van der Waals surface area contributed by atoms with Crippen molar-refractivity contribution in [2.24, 2.45) is 5.73 Å². The zero-order chi connectivity index (χ0) is 13.5. The molecule has 0 radical (unpaired) electrons. The van der Waals surface area contributed by atoms with Crippen molar-refractivity contribution in [3.8, 4) is 0 Å². The summed E-state index contributed by atoms with van der Waals surface area (Å²) in [5.74, 6) is -0.356. The van der Waals surface area contributed by atoms with E-state index in [1.165, 1.54) is 11.3 Å². The maximum atomic E-state index is 11.3. The molecular formula is C11H16ClN3O2S. The molecule has 0 aliphatic carbocycles. The minimum atomic E-state index is -0.812. The van der Waals surface area contributed by atoms with E-state index in [1.54, 1.807) is 0 Å². The van der Waals surface area contributed by atoms with E-state index in [4.69, 9.17) is 17.3 Å². The van der Waals surface area contributed by atoms with Gasteiger partial charge < -0.3 is 5.73 Å². The Kier molecular flexibility index (Phi) is 6.11. The first-order valence-corrected chi connectivity index (χ1v) is 6.76. The summed E-state index contributed by atoms with van der Waals surface area (Å²) in [4.78, 5) is 25.0.